The summed E-state index contributed by atoms with van der Waals surface area (Å²) in [6, 6.07) is 11.2. The summed E-state index contributed by atoms with van der Waals surface area (Å²) >= 11 is 6.07. The van der Waals surface area contributed by atoms with E-state index in [1.54, 1.807) is 56.5 Å². The van der Waals surface area contributed by atoms with Crippen LogP contribution in [-0.4, -0.2) is 63.1 Å². The molecule has 33 heavy (non-hydrogen) atoms. The molecule has 1 unspecified atom stereocenters. The van der Waals surface area contributed by atoms with Crippen molar-refractivity contribution in [1.82, 2.24) is 4.90 Å². The summed E-state index contributed by atoms with van der Waals surface area (Å²) in [5.41, 5.74) is 1.72. The van der Waals surface area contributed by atoms with Crippen LogP contribution in [0.25, 0.3) is 5.76 Å². The van der Waals surface area contributed by atoms with Gasteiger partial charge in [-0.05, 0) is 47.9 Å². The molecule has 2 saturated heterocycles. The van der Waals surface area contributed by atoms with Crippen molar-refractivity contribution in [3.63, 3.8) is 0 Å². The largest absolute Gasteiger partial charge is 0.872 e. The topological polar surface area (TPSA) is 83.3 Å². The van der Waals surface area contributed by atoms with E-state index in [2.05, 4.69) is 0 Å². The lowest BCUT2D eigenvalue weighted by atomic mass is 9.94. The number of hydrogen-bond donors (Lipinski definition) is 1. The van der Waals surface area contributed by atoms with Gasteiger partial charge < -0.3 is 24.4 Å². The van der Waals surface area contributed by atoms with Gasteiger partial charge in [0, 0.05) is 10.6 Å². The molecule has 0 aromatic heterocycles. The van der Waals surface area contributed by atoms with Crippen LogP contribution in [-0.2, 0) is 14.3 Å². The van der Waals surface area contributed by atoms with Crippen LogP contribution in [0.3, 0.4) is 0 Å². The maximum atomic E-state index is 13.6. The first-order chi connectivity index (χ1) is 15.9. The number of ether oxygens (including phenoxy) is 2. The zero-order valence-electron chi connectivity index (χ0n) is 18.7. The van der Waals surface area contributed by atoms with Crippen molar-refractivity contribution in [3.8, 4) is 5.75 Å². The first-order valence-electron chi connectivity index (χ1n) is 11.0. The van der Waals surface area contributed by atoms with Crippen molar-refractivity contribution in [2.75, 3.05) is 46.5 Å². The molecule has 2 aliphatic heterocycles. The van der Waals surface area contributed by atoms with Gasteiger partial charge in [-0.2, -0.15) is 0 Å². The van der Waals surface area contributed by atoms with Gasteiger partial charge in [-0.3, -0.25) is 9.59 Å². The number of methoxy groups -OCH3 is 1. The number of quaternary nitrogens is 1. The maximum absolute atomic E-state index is 13.6. The number of aryl methyl sites for hydroxylation is 1. The van der Waals surface area contributed by atoms with E-state index < -0.39 is 23.5 Å². The van der Waals surface area contributed by atoms with Crippen molar-refractivity contribution >= 4 is 29.1 Å². The molecular weight excluding hydrogens is 444 g/mol. The first kappa shape index (κ1) is 23.3. The van der Waals surface area contributed by atoms with Crippen molar-refractivity contribution < 1.29 is 29.1 Å². The Kier molecular flexibility index (Phi) is 7.02. The van der Waals surface area contributed by atoms with E-state index in [4.69, 9.17) is 21.1 Å². The molecule has 2 fully saturated rings. The number of ketones is 1. The van der Waals surface area contributed by atoms with Crippen LogP contribution in [0.2, 0.25) is 5.02 Å². The molecule has 1 atom stereocenters. The Morgan fingerprint density at radius 3 is 2.52 bits per heavy atom. The van der Waals surface area contributed by atoms with Crippen LogP contribution < -0.4 is 14.7 Å². The summed E-state index contributed by atoms with van der Waals surface area (Å²) in [6.07, 6.45) is 0. The summed E-state index contributed by atoms with van der Waals surface area (Å²) in [5, 5.41) is 14.1. The number of rotatable bonds is 6. The Bertz CT molecular complexity index is 1080. The number of morpholine rings is 1. The molecule has 4 rings (SSSR count). The van der Waals surface area contributed by atoms with Crippen molar-refractivity contribution in [1.29, 1.82) is 0 Å². The fourth-order valence-corrected chi connectivity index (χ4v) is 4.57. The second-order valence-electron chi connectivity index (χ2n) is 8.32. The molecule has 2 aromatic rings. The van der Waals surface area contributed by atoms with E-state index in [1.165, 1.54) is 9.80 Å². The van der Waals surface area contributed by atoms with E-state index in [-0.39, 0.29) is 5.57 Å². The van der Waals surface area contributed by atoms with Crippen LogP contribution in [0.4, 0.5) is 0 Å². The number of amides is 1. The molecule has 0 radical (unpaired) electrons. The fraction of sp³-hybridized carbons (Fsp3) is 0.360. The normalized spacial score (nSPS) is 20.9. The average molecular weight is 471 g/mol. The number of benzene rings is 2. The minimum absolute atomic E-state index is 0.0208. The summed E-state index contributed by atoms with van der Waals surface area (Å²) in [5.74, 6) is -1.20. The number of hydrogen-bond acceptors (Lipinski definition) is 5. The minimum Gasteiger partial charge on any atom is -0.872 e. The summed E-state index contributed by atoms with van der Waals surface area (Å²) in [6.45, 7) is 5.88. The van der Waals surface area contributed by atoms with Crippen LogP contribution >= 0.6 is 11.6 Å². The number of nitrogens with zero attached hydrogens (tertiary/aromatic N) is 1. The van der Waals surface area contributed by atoms with Gasteiger partial charge in [0.2, 0.25) is 5.78 Å². The molecular formula is C25H27ClN2O5. The molecule has 7 nitrogen and oxygen atoms in total. The summed E-state index contributed by atoms with van der Waals surface area (Å²) in [4.78, 5) is 29.1. The Hall–Kier alpha value is -2.87. The maximum Gasteiger partial charge on any atom is 0.295 e. The highest BCUT2D eigenvalue weighted by Crippen LogP contribution is 2.39. The SMILES string of the molecule is COc1ccc(/C([O-])=C2\C(=O)C(=O)N(CC[NH+]3CCOCC3)C2c2ccc(Cl)cc2)c(C)c1. The molecule has 174 valence electrons. The van der Waals surface area contributed by atoms with E-state index in [0.29, 0.717) is 53.8 Å². The number of likely N-dealkylation sites (tertiary alicyclic amines) is 1. The molecule has 8 heteroatoms. The van der Waals surface area contributed by atoms with Gasteiger partial charge in [0.15, 0.2) is 0 Å². The van der Waals surface area contributed by atoms with Gasteiger partial charge >= 0.3 is 0 Å². The molecule has 2 aliphatic rings. The molecule has 1 N–H and O–H groups in total. The molecule has 1 amide bonds. The Balaban J connectivity index is 1.75. The quantitative estimate of drug-likeness (QED) is 0.383. The summed E-state index contributed by atoms with van der Waals surface area (Å²) < 4.78 is 10.6. The second kappa shape index (κ2) is 9.95. The number of halogens is 1. The highest BCUT2D eigenvalue weighted by atomic mass is 35.5. The third kappa shape index (κ3) is 4.76. The monoisotopic (exact) mass is 470 g/mol. The molecule has 0 aliphatic carbocycles. The fourth-order valence-electron chi connectivity index (χ4n) is 4.44. The predicted octanol–water partition coefficient (Wildman–Crippen LogP) is 0.796. The number of Topliss-reactive ketones (excluding diaryl/α,β-unsaturated/α-hetero) is 1. The Morgan fingerprint density at radius 2 is 1.88 bits per heavy atom. The zero-order chi connectivity index (χ0) is 23.5. The number of nitrogens with one attached hydrogen (secondary N) is 1. The average Bonchev–Trinajstić information content (AvgIpc) is 3.08. The third-order valence-corrected chi connectivity index (χ3v) is 6.55. The first-order valence-corrected chi connectivity index (χ1v) is 11.4. The lowest BCUT2D eigenvalue weighted by Crippen LogP contribution is -3.14. The van der Waals surface area contributed by atoms with Crippen molar-refractivity contribution in [2.45, 2.75) is 13.0 Å². The van der Waals surface area contributed by atoms with Crippen LogP contribution in [0.1, 0.15) is 22.7 Å². The van der Waals surface area contributed by atoms with Crippen molar-refractivity contribution in [3.05, 3.63) is 69.8 Å². The van der Waals surface area contributed by atoms with E-state index in [9.17, 15) is 14.7 Å². The third-order valence-electron chi connectivity index (χ3n) is 6.30. The number of carbonyl (C=O) groups excluding carboxylic acids is 2. The lowest BCUT2D eigenvalue weighted by Gasteiger charge is -2.30. The molecule has 0 spiro atoms. The van der Waals surface area contributed by atoms with E-state index in [1.807, 2.05) is 0 Å². The van der Waals surface area contributed by atoms with E-state index in [0.717, 1.165) is 13.1 Å². The highest BCUT2D eigenvalue weighted by molar-refractivity contribution is 6.46. The zero-order valence-corrected chi connectivity index (χ0v) is 19.5. The Morgan fingerprint density at radius 1 is 1.18 bits per heavy atom. The standard InChI is InChI=1S/C25H27ClN2O5/c1-16-15-19(32-2)7-8-20(16)23(29)21-22(17-3-5-18(26)6-4-17)28(25(31)24(21)30)10-9-27-11-13-33-14-12-27/h3-8,15,22,29H,9-14H2,1-2H3/b23-21+. The molecule has 0 saturated carbocycles. The minimum atomic E-state index is -0.753. The van der Waals surface area contributed by atoms with Gasteiger partial charge in [-0.15, -0.1) is 0 Å². The van der Waals surface area contributed by atoms with Crippen molar-refractivity contribution in [2.24, 2.45) is 0 Å². The highest BCUT2D eigenvalue weighted by Gasteiger charge is 2.44. The molecule has 2 heterocycles. The van der Waals surface area contributed by atoms with Gasteiger partial charge in [0.1, 0.15) is 18.8 Å². The second-order valence-corrected chi connectivity index (χ2v) is 8.75. The van der Waals surface area contributed by atoms with Gasteiger partial charge in [-0.1, -0.05) is 35.6 Å². The molecule has 2 aromatic carbocycles. The van der Waals surface area contributed by atoms with Gasteiger partial charge in [0.05, 0.1) is 39.5 Å². The smallest absolute Gasteiger partial charge is 0.295 e. The number of carbonyl (C=O) groups is 2. The van der Waals surface area contributed by atoms with Gasteiger partial charge in [-0.25, -0.2) is 0 Å². The summed E-state index contributed by atoms with van der Waals surface area (Å²) in [7, 11) is 1.55. The van der Waals surface area contributed by atoms with E-state index >= 15 is 0 Å². The van der Waals surface area contributed by atoms with Gasteiger partial charge in [0.25, 0.3) is 5.91 Å². The molecule has 0 bridgehead atoms. The lowest BCUT2D eigenvalue weighted by molar-refractivity contribution is -0.907. The Labute approximate surface area is 198 Å². The van der Waals surface area contributed by atoms with Crippen LogP contribution in [0.5, 0.6) is 5.75 Å². The predicted molar refractivity (Wildman–Crippen MR) is 122 cm³/mol. The van der Waals surface area contributed by atoms with Crippen LogP contribution in [0.15, 0.2) is 48.0 Å². The van der Waals surface area contributed by atoms with Crippen LogP contribution in [0, 0.1) is 6.92 Å².